The first-order valence-corrected chi connectivity index (χ1v) is 16.0. The number of halogens is 4. The summed E-state index contributed by atoms with van der Waals surface area (Å²) in [6, 6.07) is 13.2. The smallest absolute Gasteiger partial charge is 0.255 e. The summed E-state index contributed by atoms with van der Waals surface area (Å²) in [7, 11) is -4.10. The summed E-state index contributed by atoms with van der Waals surface area (Å²) >= 11 is 6.28. The molecule has 2 unspecified atom stereocenters. The zero-order valence-electron chi connectivity index (χ0n) is 23.4. The highest BCUT2D eigenvalue weighted by Crippen LogP contribution is 2.52. The van der Waals surface area contributed by atoms with Crippen LogP contribution >= 0.6 is 11.6 Å². The van der Waals surface area contributed by atoms with Gasteiger partial charge in [0, 0.05) is 29.9 Å². The molecule has 234 valence electrons. The Morgan fingerprint density at radius 1 is 1.00 bits per heavy atom. The van der Waals surface area contributed by atoms with Gasteiger partial charge in [-0.2, -0.15) is 0 Å². The highest BCUT2D eigenvalue weighted by molar-refractivity contribution is 7.92. The third-order valence-electron chi connectivity index (χ3n) is 8.73. The number of carbonyl (C=O) groups excluding carboxylic acids is 2. The third kappa shape index (κ3) is 6.35. The van der Waals surface area contributed by atoms with Gasteiger partial charge >= 0.3 is 0 Å². The molecule has 0 radical (unpaired) electrons. The Balaban J connectivity index is 1.27. The van der Waals surface area contributed by atoms with E-state index in [4.69, 9.17) is 17.3 Å². The minimum absolute atomic E-state index is 0.0581. The van der Waals surface area contributed by atoms with Crippen molar-refractivity contribution in [3.8, 4) is 0 Å². The van der Waals surface area contributed by atoms with E-state index in [1.807, 2.05) is 30.3 Å². The van der Waals surface area contributed by atoms with Gasteiger partial charge in [0.25, 0.3) is 5.91 Å². The van der Waals surface area contributed by atoms with Gasteiger partial charge in [0.1, 0.15) is 0 Å². The molecule has 2 saturated carbocycles. The molecule has 3 atom stereocenters. The maximum atomic E-state index is 13.8. The lowest BCUT2D eigenvalue weighted by Gasteiger charge is -2.42. The molecule has 0 saturated heterocycles. The zero-order chi connectivity index (χ0) is 31.8. The van der Waals surface area contributed by atoms with Crippen LogP contribution in [0.4, 0.5) is 18.9 Å². The Morgan fingerprint density at radius 2 is 1.61 bits per heavy atom. The van der Waals surface area contributed by atoms with Crippen LogP contribution in [0.25, 0.3) is 0 Å². The number of carbonyl (C=O) groups is 2. The molecule has 2 aliphatic rings. The number of rotatable bonds is 9. The lowest BCUT2D eigenvalue weighted by molar-refractivity contribution is -0.125. The topological polar surface area (TPSA) is 139 Å². The van der Waals surface area contributed by atoms with Gasteiger partial charge in [0.2, 0.25) is 5.91 Å². The molecule has 2 bridgehead atoms. The van der Waals surface area contributed by atoms with E-state index in [9.17, 15) is 36.3 Å². The van der Waals surface area contributed by atoms with Crippen LogP contribution in [0.5, 0.6) is 0 Å². The lowest BCUT2D eigenvalue weighted by atomic mass is 9.74. The summed E-state index contributed by atoms with van der Waals surface area (Å²) in [4.78, 5) is 25.2. The Hall–Kier alpha value is -3.45. The van der Waals surface area contributed by atoms with E-state index >= 15 is 0 Å². The quantitative estimate of drug-likeness (QED) is 0.254. The van der Waals surface area contributed by atoms with Crippen LogP contribution in [0.2, 0.25) is 5.02 Å². The van der Waals surface area contributed by atoms with Crippen molar-refractivity contribution >= 4 is 38.9 Å². The standard InChI is InChI=1S/C31H31ClF3N3O5S/c32-23-9-6-18(29(39)38-21-14-24(33)28(35)25(34)15-21)11-27(23)44(42,43)22-12-19-7-8-20(13-22)31(19,41)16-37-30(40)26(36)10-17-4-2-1-3-5-17/h1-6,9,11,14-15,19-20,22,26,41H,7-8,10,12-13,16,36H2,(H,37,40)(H,38,39)/t19?,20?,22?,26-,31?/m0/s1. The molecule has 0 spiro atoms. The molecule has 0 aromatic heterocycles. The minimum atomic E-state index is -4.10. The number of hydrogen-bond acceptors (Lipinski definition) is 6. The van der Waals surface area contributed by atoms with Crippen molar-refractivity contribution < 1.29 is 36.3 Å². The summed E-state index contributed by atoms with van der Waals surface area (Å²) in [6.07, 6.45) is 1.69. The number of amides is 2. The number of anilines is 1. The maximum absolute atomic E-state index is 13.8. The van der Waals surface area contributed by atoms with Gasteiger partial charge in [-0.1, -0.05) is 41.9 Å². The molecule has 5 rings (SSSR count). The Kier molecular flexibility index (Phi) is 9.08. The first-order valence-electron chi connectivity index (χ1n) is 14.1. The minimum Gasteiger partial charge on any atom is -0.387 e. The van der Waals surface area contributed by atoms with Crippen LogP contribution in [0.15, 0.2) is 65.6 Å². The van der Waals surface area contributed by atoms with Crippen molar-refractivity contribution in [2.45, 2.75) is 53.9 Å². The fraction of sp³-hybridized carbons (Fsp3) is 0.355. The molecule has 3 aromatic rings. The summed E-state index contributed by atoms with van der Waals surface area (Å²) < 4.78 is 68.1. The highest BCUT2D eigenvalue weighted by atomic mass is 35.5. The summed E-state index contributed by atoms with van der Waals surface area (Å²) in [5.74, 6) is -6.82. The largest absolute Gasteiger partial charge is 0.387 e. The molecule has 2 amide bonds. The van der Waals surface area contributed by atoms with Gasteiger partial charge in [0.05, 0.1) is 26.8 Å². The second-order valence-electron chi connectivity index (χ2n) is 11.5. The Morgan fingerprint density at radius 3 is 2.23 bits per heavy atom. The number of nitrogens with two attached hydrogens (primary N) is 1. The number of aliphatic hydroxyl groups is 1. The summed E-state index contributed by atoms with van der Waals surface area (Å²) in [5.41, 5.74) is 5.17. The molecule has 5 N–H and O–H groups in total. The molecule has 0 aliphatic heterocycles. The van der Waals surface area contributed by atoms with Gasteiger partial charge < -0.3 is 21.5 Å². The fourth-order valence-electron chi connectivity index (χ4n) is 6.35. The predicted octanol–water partition coefficient (Wildman–Crippen LogP) is 4.39. The monoisotopic (exact) mass is 649 g/mol. The molecule has 2 aliphatic carbocycles. The molecule has 13 heteroatoms. The molecule has 8 nitrogen and oxygen atoms in total. The fourth-order valence-corrected chi connectivity index (χ4v) is 8.75. The van der Waals surface area contributed by atoms with Crippen LogP contribution in [0.1, 0.15) is 41.6 Å². The van der Waals surface area contributed by atoms with Crippen LogP contribution in [0.3, 0.4) is 0 Å². The third-order valence-corrected chi connectivity index (χ3v) is 11.4. The highest BCUT2D eigenvalue weighted by Gasteiger charge is 2.55. The van der Waals surface area contributed by atoms with E-state index in [0.717, 1.165) is 11.6 Å². The Bertz CT molecular complexity index is 1650. The SMILES string of the molecule is N[C@@H](Cc1ccccc1)C(=O)NCC1(O)C2CCC1CC(S(=O)(=O)c1cc(C(=O)Nc3cc(F)c(F)c(F)c3)ccc1Cl)C2. The number of hydrogen-bond donors (Lipinski definition) is 4. The van der Waals surface area contributed by atoms with Gasteiger partial charge in [-0.3, -0.25) is 9.59 Å². The van der Waals surface area contributed by atoms with Gasteiger partial charge in [0.15, 0.2) is 27.3 Å². The van der Waals surface area contributed by atoms with Gasteiger partial charge in [-0.05, 0) is 67.7 Å². The molecule has 2 fully saturated rings. The molecular weight excluding hydrogens is 619 g/mol. The lowest BCUT2D eigenvalue weighted by Crippen LogP contribution is -2.56. The van der Waals surface area contributed by atoms with Crippen molar-refractivity contribution in [3.63, 3.8) is 0 Å². The summed E-state index contributed by atoms with van der Waals surface area (Å²) in [6.45, 7) is -0.0581. The number of nitrogens with one attached hydrogen (secondary N) is 2. The average molecular weight is 650 g/mol. The van der Waals surface area contributed by atoms with Crippen LogP contribution in [-0.4, -0.2) is 48.8 Å². The zero-order valence-corrected chi connectivity index (χ0v) is 25.0. The van der Waals surface area contributed by atoms with E-state index in [1.54, 1.807) is 0 Å². The normalized spacial score (nSPS) is 23.6. The van der Waals surface area contributed by atoms with Crippen molar-refractivity contribution in [1.82, 2.24) is 5.32 Å². The van der Waals surface area contributed by atoms with E-state index in [1.165, 1.54) is 12.1 Å². The Labute approximate surface area is 257 Å². The second-order valence-corrected chi connectivity index (χ2v) is 14.1. The van der Waals surface area contributed by atoms with Crippen molar-refractivity contribution in [1.29, 1.82) is 0 Å². The van der Waals surface area contributed by atoms with E-state index in [-0.39, 0.29) is 40.6 Å². The first kappa shape index (κ1) is 32.0. The van der Waals surface area contributed by atoms with Crippen molar-refractivity contribution in [2.24, 2.45) is 17.6 Å². The van der Waals surface area contributed by atoms with Crippen LogP contribution in [0, 0.1) is 29.3 Å². The van der Waals surface area contributed by atoms with E-state index in [2.05, 4.69) is 10.6 Å². The summed E-state index contributed by atoms with van der Waals surface area (Å²) in [5, 5.41) is 15.6. The second kappa shape index (κ2) is 12.5. The van der Waals surface area contributed by atoms with Crippen molar-refractivity contribution in [2.75, 3.05) is 11.9 Å². The van der Waals surface area contributed by atoms with E-state index < -0.39 is 67.8 Å². The molecule has 0 heterocycles. The van der Waals surface area contributed by atoms with Crippen LogP contribution in [-0.2, 0) is 21.1 Å². The van der Waals surface area contributed by atoms with Gasteiger partial charge in [-0.25, -0.2) is 21.6 Å². The van der Waals surface area contributed by atoms with Crippen molar-refractivity contribution in [3.05, 3.63) is 94.3 Å². The molecular formula is C31H31ClF3N3O5S. The number of fused-ring (bicyclic) bond motifs is 2. The average Bonchev–Trinajstić information content (AvgIpc) is 3.13. The van der Waals surface area contributed by atoms with Gasteiger partial charge in [-0.15, -0.1) is 0 Å². The maximum Gasteiger partial charge on any atom is 0.255 e. The molecule has 3 aromatic carbocycles. The predicted molar refractivity (Wildman–Crippen MR) is 158 cm³/mol. The van der Waals surface area contributed by atoms with Crippen LogP contribution < -0.4 is 16.4 Å². The molecule has 44 heavy (non-hydrogen) atoms. The van der Waals surface area contributed by atoms with E-state index in [0.29, 0.717) is 31.4 Å². The first-order chi connectivity index (χ1) is 20.8. The number of benzene rings is 3. The number of sulfone groups is 1.